The normalized spacial score (nSPS) is 19.2. The van der Waals surface area contributed by atoms with Gasteiger partial charge in [-0.05, 0) is 49.2 Å². The summed E-state index contributed by atoms with van der Waals surface area (Å²) in [6, 6.07) is 13.8. The largest absolute Gasteiger partial charge is 0.457 e. The van der Waals surface area contributed by atoms with Crippen LogP contribution in [0, 0.1) is 6.92 Å². The van der Waals surface area contributed by atoms with Crippen LogP contribution >= 0.6 is 22.9 Å². The first-order valence-electron chi connectivity index (χ1n) is 10.9. The minimum Gasteiger partial charge on any atom is -0.457 e. The Bertz CT molecular complexity index is 1230. The van der Waals surface area contributed by atoms with Gasteiger partial charge in [-0.3, -0.25) is 9.59 Å². The summed E-state index contributed by atoms with van der Waals surface area (Å²) in [5.41, 5.74) is 2.80. The Balaban J connectivity index is 1.47. The van der Waals surface area contributed by atoms with E-state index in [1.54, 1.807) is 13.1 Å². The lowest BCUT2D eigenvalue weighted by atomic mass is 9.81. The van der Waals surface area contributed by atoms with Gasteiger partial charge in [-0.2, -0.15) is 0 Å². The zero-order valence-corrected chi connectivity index (χ0v) is 20.1. The van der Waals surface area contributed by atoms with E-state index >= 15 is 0 Å². The SMILES string of the molecule is CC(=O)N1CCC2(C1)CN(C(=O)Cc1ncc(Cl)s1)c1ccc(Oc3ccc(C)cc3)cc12. The molecule has 8 heteroatoms. The fraction of sp³-hybridized carbons (Fsp3) is 0.320. The maximum atomic E-state index is 13.3. The molecule has 3 heterocycles. The molecule has 1 unspecified atom stereocenters. The topological polar surface area (TPSA) is 62.7 Å². The molecule has 0 radical (unpaired) electrons. The number of hydrogen-bond acceptors (Lipinski definition) is 5. The Kier molecular flexibility index (Phi) is 5.62. The smallest absolute Gasteiger partial charge is 0.233 e. The number of hydrogen-bond donors (Lipinski definition) is 0. The number of carbonyl (C=O) groups is 2. The van der Waals surface area contributed by atoms with E-state index in [1.807, 2.05) is 59.2 Å². The molecule has 170 valence electrons. The number of halogens is 1. The highest BCUT2D eigenvalue weighted by Crippen LogP contribution is 2.48. The molecule has 2 aromatic carbocycles. The first-order chi connectivity index (χ1) is 15.8. The quantitative estimate of drug-likeness (QED) is 0.527. The van der Waals surface area contributed by atoms with Crippen LogP contribution in [-0.4, -0.2) is 41.3 Å². The van der Waals surface area contributed by atoms with Crippen LogP contribution < -0.4 is 9.64 Å². The number of aryl methyl sites for hydroxylation is 1. The summed E-state index contributed by atoms with van der Waals surface area (Å²) in [6.45, 7) is 5.45. The van der Waals surface area contributed by atoms with Crippen molar-refractivity contribution < 1.29 is 14.3 Å². The number of benzene rings is 2. The second-order valence-corrected chi connectivity index (χ2v) is 10.5. The number of carbonyl (C=O) groups excluding carboxylic acids is 2. The van der Waals surface area contributed by atoms with Crippen molar-refractivity contribution in [2.24, 2.45) is 0 Å². The Labute approximate surface area is 201 Å². The van der Waals surface area contributed by atoms with E-state index in [2.05, 4.69) is 4.98 Å². The fourth-order valence-corrected chi connectivity index (χ4v) is 5.71. The van der Waals surface area contributed by atoms with Crippen LogP contribution in [0.2, 0.25) is 4.34 Å². The maximum absolute atomic E-state index is 13.3. The van der Waals surface area contributed by atoms with Crippen molar-refractivity contribution in [3.63, 3.8) is 0 Å². The van der Waals surface area contributed by atoms with Crippen molar-refractivity contribution in [2.45, 2.75) is 32.1 Å². The minimum absolute atomic E-state index is 0.0207. The van der Waals surface area contributed by atoms with Crippen molar-refractivity contribution >= 4 is 40.4 Å². The molecular formula is C25H24ClN3O3S. The number of anilines is 1. The monoisotopic (exact) mass is 481 g/mol. The number of likely N-dealkylation sites (tertiary alicyclic amines) is 1. The van der Waals surface area contributed by atoms with Gasteiger partial charge < -0.3 is 14.5 Å². The molecule has 0 N–H and O–H groups in total. The standard InChI is InChI=1S/C25H24ClN3O3S/c1-16-3-5-18(6-4-16)32-19-7-8-21-20(11-19)25(9-10-28(14-25)17(2)30)15-29(21)24(31)12-23-27-13-22(26)33-23/h3-8,11,13H,9-10,12,14-15H2,1-2H3. The second kappa shape index (κ2) is 8.47. The molecule has 33 heavy (non-hydrogen) atoms. The van der Waals surface area contributed by atoms with Crippen molar-refractivity contribution in [1.29, 1.82) is 0 Å². The lowest BCUT2D eigenvalue weighted by Crippen LogP contribution is -2.40. The summed E-state index contributed by atoms with van der Waals surface area (Å²) in [7, 11) is 0. The Morgan fingerprint density at radius 2 is 1.91 bits per heavy atom. The summed E-state index contributed by atoms with van der Waals surface area (Å²) in [6.07, 6.45) is 2.58. The van der Waals surface area contributed by atoms with Gasteiger partial charge in [-0.1, -0.05) is 29.3 Å². The molecule has 6 nitrogen and oxygen atoms in total. The van der Waals surface area contributed by atoms with Gasteiger partial charge in [-0.15, -0.1) is 11.3 Å². The Morgan fingerprint density at radius 1 is 1.15 bits per heavy atom. The molecule has 2 aliphatic heterocycles. The Morgan fingerprint density at radius 3 is 2.58 bits per heavy atom. The molecule has 5 rings (SSSR count). The van der Waals surface area contributed by atoms with Crippen molar-refractivity contribution in [1.82, 2.24) is 9.88 Å². The molecule has 1 atom stereocenters. The van der Waals surface area contributed by atoms with Crippen LogP contribution in [0.15, 0.2) is 48.7 Å². The van der Waals surface area contributed by atoms with Crippen LogP contribution in [0.5, 0.6) is 11.5 Å². The fourth-order valence-electron chi connectivity index (χ4n) is 4.76. The molecule has 1 saturated heterocycles. The second-order valence-electron chi connectivity index (χ2n) is 8.78. The number of fused-ring (bicyclic) bond motifs is 2. The highest BCUT2D eigenvalue weighted by molar-refractivity contribution is 7.15. The van der Waals surface area contributed by atoms with Crippen LogP contribution in [0.1, 0.15) is 29.5 Å². The van der Waals surface area contributed by atoms with Crippen molar-refractivity contribution in [3.8, 4) is 11.5 Å². The number of amides is 2. The van der Waals surface area contributed by atoms with E-state index in [0.717, 1.165) is 29.2 Å². The van der Waals surface area contributed by atoms with Crippen LogP contribution in [0.4, 0.5) is 5.69 Å². The van der Waals surface area contributed by atoms with Gasteiger partial charge in [0.05, 0.1) is 12.6 Å². The summed E-state index contributed by atoms with van der Waals surface area (Å²) < 4.78 is 6.69. The number of thiazole rings is 1. The number of rotatable bonds is 4. The third-order valence-electron chi connectivity index (χ3n) is 6.48. The average molecular weight is 482 g/mol. The Hall–Kier alpha value is -2.90. The van der Waals surface area contributed by atoms with Gasteiger partial charge in [0, 0.05) is 37.7 Å². The van der Waals surface area contributed by atoms with E-state index in [0.29, 0.717) is 29.0 Å². The zero-order valence-electron chi connectivity index (χ0n) is 18.5. The van der Waals surface area contributed by atoms with Crippen molar-refractivity contribution in [2.75, 3.05) is 24.5 Å². The molecule has 1 aromatic heterocycles. The molecule has 0 aliphatic carbocycles. The predicted octanol–water partition coefficient (Wildman–Crippen LogP) is 4.98. The van der Waals surface area contributed by atoms with Gasteiger partial charge >= 0.3 is 0 Å². The zero-order chi connectivity index (χ0) is 23.2. The lowest BCUT2D eigenvalue weighted by molar-refractivity contribution is -0.127. The van der Waals surface area contributed by atoms with E-state index in [4.69, 9.17) is 16.3 Å². The van der Waals surface area contributed by atoms with Crippen LogP contribution in [0.3, 0.4) is 0 Å². The molecule has 2 aliphatic rings. The lowest BCUT2D eigenvalue weighted by Gasteiger charge is -2.25. The van der Waals surface area contributed by atoms with E-state index in [9.17, 15) is 9.59 Å². The van der Waals surface area contributed by atoms with E-state index in [1.165, 1.54) is 16.9 Å². The summed E-state index contributed by atoms with van der Waals surface area (Å²) in [4.78, 5) is 33.3. The molecule has 3 aromatic rings. The van der Waals surface area contributed by atoms with Gasteiger partial charge in [0.2, 0.25) is 11.8 Å². The highest BCUT2D eigenvalue weighted by Gasteiger charge is 2.49. The first-order valence-corrected chi connectivity index (χ1v) is 12.1. The third-order valence-corrected chi connectivity index (χ3v) is 7.59. The summed E-state index contributed by atoms with van der Waals surface area (Å²) in [5.74, 6) is 1.52. The molecule has 0 saturated carbocycles. The van der Waals surface area contributed by atoms with Gasteiger partial charge in [0.25, 0.3) is 0 Å². The van der Waals surface area contributed by atoms with Gasteiger partial charge in [-0.25, -0.2) is 4.98 Å². The highest BCUT2D eigenvalue weighted by atomic mass is 35.5. The third kappa shape index (κ3) is 4.23. The van der Waals surface area contributed by atoms with E-state index in [-0.39, 0.29) is 23.7 Å². The van der Waals surface area contributed by atoms with Crippen molar-refractivity contribution in [3.05, 3.63) is 69.1 Å². The average Bonchev–Trinajstić information content (AvgIpc) is 3.48. The summed E-state index contributed by atoms with van der Waals surface area (Å²) in [5, 5.41) is 0.698. The summed E-state index contributed by atoms with van der Waals surface area (Å²) >= 11 is 7.32. The minimum atomic E-state index is -0.302. The molecule has 1 fully saturated rings. The number of aromatic nitrogens is 1. The van der Waals surface area contributed by atoms with Crippen LogP contribution in [-0.2, 0) is 21.4 Å². The number of nitrogens with zero attached hydrogens (tertiary/aromatic N) is 3. The van der Waals surface area contributed by atoms with Gasteiger partial charge in [0.1, 0.15) is 20.8 Å². The van der Waals surface area contributed by atoms with Gasteiger partial charge in [0.15, 0.2) is 0 Å². The molecule has 0 bridgehead atoms. The molecule has 2 amide bonds. The van der Waals surface area contributed by atoms with E-state index < -0.39 is 0 Å². The maximum Gasteiger partial charge on any atom is 0.233 e. The predicted molar refractivity (Wildman–Crippen MR) is 129 cm³/mol. The molecular weight excluding hydrogens is 458 g/mol. The number of ether oxygens (including phenoxy) is 1. The van der Waals surface area contributed by atoms with Crippen LogP contribution in [0.25, 0.3) is 0 Å². The molecule has 1 spiro atoms. The first kappa shape index (κ1) is 21.9.